The Morgan fingerprint density at radius 1 is 1.20 bits per heavy atom. The number of carboxylic acid groups (broad SMARTS) is 1. The first kappa shape index (κ1) is 15.8. The number of aliphatic carboxylic acids is 1. The Kier molecular flexibility index (Phi) is 5.83. The molecule has 0 aliphatic carbocycles. The molecule has 6 heteroatoms. The van der Waals surface area contributed by atoms with Gasteiger partial charge in [-0.1, -0.05) is 0 Å². The fourth-order valence-corrected chi connectivity index (χ4v) is 1.76. The summed E-state index contributed by atoms with van der Waals surface area (Å²) >= 11 is 0. The monoisotopic (exact) mass is 281 g/mol. The van der Waals surface area contributed by atoms with Crippen LogP contribution in [0.15, 0.2) is 12.1 Å². The number of nitrogens with one attached hydrogen (secondary N) is 1. The first-order chi connectivity index (χ1) is 9.49. The van der Waals surface area contributed by atoms with Crippen molar-refractivity contribution in [3.63, 3.8) is 0 Å². The molecule has 0 aliphatic heterocycles. The molecular weight excluding hydrogens is 262 g/mol. The van der Waals surface area contributed by atoms with Gasteiger partial charge in [0.05, 0.1) is 14.2 Å². The summed E-state index contributed by atoms with van der Waals surface area (Å²) in [5, 5.41) is 11.2. The molecule has 1 aromatic carbocycles. The van der Waals surface area contributed by atoms with Crippen LogP contribution in [0.25, 0.3) is 0 Å². The zero-order valence-electron chi connectivity index (χ0n) is 11.9. The number of amides is 1. The number of carboxylic acids is 1. The van der Waals surface area contributed by atoms with E-state index in [1.54, 1.807) is 12.1 Å². The summed E-state index contributed by atoms with van der Waals surface area (Å²) < 4.78 is 10.4. The molecule has 0 radical (unpaired) electrons. The standard InChI is InChI=1S/C14H19NO5/c1-9-11(19-2)7-10(8-12(9)20-3)14(18)15-6-4-5-13(16)17/h7-8H,4-6H2,1-3H3,(H,15,18)(H,16,17). The minimum Gasteiger partial charge on any atom is -0.496 e. The van der Waals surface area contributed by atoms with E-state index < -0.39 is 5.97 Å². The van der Waals surface area contributed by atoms with E-state index in [9.17, 15) is 9.59 Å². The molecule has 0 aliphatic rings. The molecule has 0 unspecified atom stereocenters. The number of carbonyl (C=O) groups excluding carboxylic acids is 1. The van der Waals surface area contributed by atoms with E-state index in [4.69, 9.17) is 14.6 Å². The quantitative estimate of drug-likeness (QED) is 0.742. The predicted molar refractivity (Wildman–Crippen MR) is 73.5 cm³/mol. The lowest BCUT2D eigenvalue weighted by molar-refractivity contribution is -0.137. The SMILES string of the molecule is COc1cc(C(=O)NCCCC(=O)O)cc(OC)c1C. The number of rotatable bonds is 7. The molecule has 0 heterocycles. The molecule has 2 N–H and O–H groups in total. The minimum atomic E-state index is -0.877. The number of ether oxygens (including phenoxy) is 2. The van der Waals surface area contributed by atoms with Gasteiger partial charge in [0.25, 0.3) is 5.91 Å². The number of methoxy groups -OCH3 is 2. The van der Waals surface area contributed by atoms with E-state index in [0.29, 0.717) is 30.0 Å². The van der Waals surface area contributed by atoms with Crippen molar-refractivity contribution in [3.8, 4) is 11.5 Å². The molecule has 0 saturated heterocycles. The largest absolute Gasteiger partial charge is 0.496 e. The molecule has 0 atom stereocenters. The maximum Gasteiger partial charge on any atom is 0.303 e. The van der Waals surface area contributed by atoms with Crippen LogP contribution >= 0.6 is 0 Å². The lowest BCUT2D eigenvalue weighted by Gasteiger charge is -2.12. The van der Waals surface area contributed by atoms with Crippen LogP contribution in [0.5, 0.6) is 11.5 Å². The summed E-state index contributed by atoms with van der Waals surface area (Å²) in [6, 6.07) is 3.26. The second kappa shape index (κ2) is 7.37. The Balaban J connectivity index is 2.75. The maximum atomic E-state index is 12.0. The van der Waals surface area contributed by atoms with Gasteiger partial charge in [-0.25, -0.2) is 0 Å². The van der Waals surface area contributed by atoms with E-state index in [0.717, 1.165) is 5.56 Å². The predicted octanol–water partition coefficient (Wildman–Crippen LogP) is 1.61. The third-order valence-corrected chi connectivity index (χ3v) is 2.87. The van der Waals surface area contributed by atoms with Gasteiger partial charge in [0.2, 0.25) is 0 Å². The Hall–Kier alpha value is -2.24. The second-order valence-corrected chi connectivity index (χ2v) is 4.26. The normalized spacial score (nSPS) is 9.95. The highest BCUT2D eigenvalue weighted by Crippen LogP contribution is 2.29. The van der Waals surface area contributed by atoms with E-state index >= 15 is 0 Å². The maximum absolute atomic E-state index is 12.0. The average molecular weight is 281 g/mol. The second-order valence-electron chi connectivity index (χ2n) is 4.26. The van der Waals surface area contributed by atoms with Gasteiger partial charge in [-0.3, -0.25) is 9.59 Å². The van der Waals surface area contributed by atoms with Crippen molar-refractivity contribution in [2.45, 2.75) is 19.8 Å². The highest BCUT2D eigenvalue weighted by atomic mass is 16.5. The molecule has 20 heavy (non-hydrogen) atoms. The van der Waals surface area contributed by atoms with Crippen molar-refractivity contribution >= 4 is 11.9 Å². The van der Waals surface area contributed by atoms with E-state index in [1.807, 2.05) is 6.92 Å². The van der Waals surface area contributed by atoms with Crippen molar-refractivity contribution in [2.24, 2.45) is 0 Å². The van der Waals surface area contributed by atoms with Crippen molar-refractivity contribution in [2.75, 3.05) is 20.8 Å². The van der Waals surface area contributed by atoms with Gasteiger partial charge < -0.3 is 19.9 Å². The zero-order chi connectivity index (χ0) is 15.1. The first-order valence-corrected chi connectivity index (χ1v) is 6.22. The zero-order valence-corrected chi connectivity index (χ0v) is 11.9. The number of hydrogen-bond acceptors (Lipinski definition) is 4. The molecule has 1 aromatic rings. The van der Waals surface area contributed by atoms with Crippen LogP contribution in [0.1, 0.15) is 28.8 Å². The van der Waals surface area contributed by atoms with Crippen LogP contribution in [0.2, 0.25) is 0 Å². The van der Waals surface area contributed by atoms with Crippen molar-refractivity contribution in [3.05, 3.63) is 23.3 Å². The van der Waals surface area contributed by atoms with Gasteiger partial charge in [0.1, 0.15) is 11.5 Å². The molecule has 0 bridgehead atoms. The molecule has 1 rings (SSSR count). The number of carbonyl (C=O) groups is 2. The van der Waals surface area contributed by atoms with Gasteiger partial charge in [0.15, 0.2) is 0 Å². The molecule has 1 amide bonds. The third-order valence-electron chi connectivity index (χ3n) is 2.87. The molecule has 6 nitrogen and oxygen atoms in total. The summed E-state index contributed by atoms with van der Waals surface area (Å²) in [5.41, 5.74) is 1.23. The smallest absolute Gasteiger partial charge is 0.303 e. The summed E-state index contributed by atoms with van der Waals surface area (Å²) in [5.74, 6) is -0.0232. The van der Waals surface area contributed by atoms with Crippen LogP contribution in [0.4, 0.5) is 0 Å². The molecule has 0 spiro atoms. The fourth-order valence-electron chi connectivity index (χ4n) is 1.76. The van der Waals surface area contributed by atoms with Gasteiger partial charge >= 0.3 is 5.97 Å². The van der Waals surface area contributed by atoms with Crippen LogP contribution < -0.4 is 14.8 Å². The molecule has 110 valence electrons. The number of hydrogen-bond donors (Lipinski definition) is 2. The van der Waals surface area contributed by atoms with Crippen molar-refractivity contribution < 1.29 is 24.2 Å². The van der Waals surface area contributed by atoms with Crippen LogP contribution in [0, 0.1) is 6.92 Å². The number of benzene rings is 1. The summed E-state index contributed by atoms with van der Waals surface area (Å²) in [4.78, 5) is 22.3. The summed E-state index contributed by atoms with van der Waals surface area (Å²) in [6.07, 6.45) is 0.419. The Morgan fingerprint density at radius 3 is 2.20 bits per heavy atom. The lowest BCUT2D eigenvalue weighted by Crippen LogP contribution is -2.25. The highest BCUT2D eigenvalue weighted by Gasteiger charge is 2.13. The first-order valence-electron chi connectivity index (χ1n) is 6.22. The van der Waals surface area contributed by atoms with Gasteiger partial charge in [0, 0.05) is 24.1 Å². The minimum absolute atomic E-state index is 0.0286. The van der Waals surface area contributed by atoms with Gasteiger partial charge in [-0.2, -0.15) is 0 Å². The summed E-state index contributed by atoms with van der Waals surface area (Å²) in [7, 11) is 3.05. The van der Waals surface area contributed by atoms with E-state index in [-0.39, 0.29) is 12.3 Å². The Morgan fingerprint density at radius 2 is 1.75 bits per heavy atom. The lowest BCUT2D eigenvalue weighted by atomic mass is 10.1. The Bertz CT molecular complexity index is 473. The molecular formula is C14H19NO5. The van der Waals surface area contributed by atoms with Crippen molar-refractivity contribution in [1.29, 1.82) is 0 Å². The van der Waals surface area contributed by atoms with Crippen LogP contribution in [0.3, 0.4) is 0 Å². The van der Waals surface area contributed by atoms with Crippen LogP contribution in [-0.2, 0) is 4.79 Å². The fraction of sp³-hybridized carbons (Fsp3) is 0.429. The third kappa shape index (κ3) is 4.15. The Labute approximate surface area is 117 Å². The summed E-state index contributed by atoms with van der Waals surface area (Å²) in [6.45, 7) is 2.15. The molecule has 0 aromatic heterocycles. The van der Waals surface area contributed by atoms with Gasteiger partial charge in [-0.05, 0) is 25.5 Å². The highest BCUT2D eigenvalue weighted by molar-refractivity contribution is 5.95. The molecule has 0 saturated carbocycles. The van der Waals surface area contributed by atoms with E-state index in [1.165, 1.54) is 14.2 Å². The molecule has 0 fully saturated rings. The van der Waals surface area contributed by atoms with Crippen molar-refractivity contribution in [1.82, 2.24) is 5.32 Å². The topological polar surface area (TPSA) is 84.9 Å². The average Bonchev–Trinajstić information content (AvgIpc) is 2.43. The van der Waals surface area contributed by atoms with Crippen LogP contribution in [-0.4, -0.2) is 37.7 Å². The van der Waals surface area contributed by atoms with Gasteiger partial charge in [-0.15, -0.1) is 0 Å². The van der Waals surface area contributed by atoms with E-state index in [2.05, 4.69) is 5.32 Å².